The van der Waals surface area contributed by atoms with Crippen molar-refractivity contribution in [1.82, 2.24) is 20.2 Å². The van der Waals surface area contributed by atoms with Crippen LogP contribution in [0.25, 0.3) is 11.4 Å². The lowest BCUT2D eigenvalue weighted by Crippen LogP contribution is -2.17. The molecule has 7 heteroatoms. The highest BCUT2D eigenvalue weighted by atomic mass is 19.1. The minimum Gasteiger partial charge on any atom is -0.396 e. The van der Waals surface area contributed by atoms with Crippen molar-refractivity contribution in [3.63, 3.8) is 0 Å². The van der Waals surface area contributed by atoms with E-state index in [0.717, 1.165) is 18.9 Å². The number of tetrazole rings is 1. The summed E-state index contributed by atoms with van der Waals surface area (Å²) in [6, 6.07) is 2.14. The summed E-state index contributed by atoms with van der Waals surface area (Å²) in [5.74, 6) is -0.233. The Hall–Kier alpha value is -2.05. The number of benzene rings is 1. The van der Waals surface area contributed by atoms with Gasteiger partial charge in [-0.05, 0) is 41.2 Å². The summed E-state index contributed by atoms with van der Waals surface area (Å²) >= 11 is 0. The number of anilines is 1. The quantitative estimate of drug-likeness (QED) is 0.864. The summed E-state index contributed by atoms with van der Waals surface area (Å²) in [5, 5.41) is 11.6. The predicted molar refractivity (Wildman–Crippen MR) is 74.2 cm³/mol. The summed E-state index contributed by atoms with van der Waals surface area (Å²) < 4.78 is 29.0. The Labute approximate surface area is 121 Å². The van der Waals surface area contributed by atoms with Gasteiger partial charge in [0.15, 0.2) is 5.82 Å². The van der Waals surface area contributed by atoms with E-state index in [4.69, 9.17) is 5.73 Å². The van der Waals surface area contributed by atoms with E-state index in [1.54, 1.807) is 4.68 Å². The van der Waals surface area contributed by atoms with E-state index in [-0.39, 0.29) is 17.3 Å². The fourth-order valence-corrected chi connectivity index (χ4v) is 3.02. The highest BCUT2D eigenvalue weighted by Gasteiger charge is 2.34. The van der Waals surface area contributed by atoms with Gasteiger partial charge in [-0.2, -0.15) is 0 Å². The lowest BCUT2D eigenvalue weighted by Gasteiger charge is -2.19. The van der Waals surface area contributed by atoms with Gasteiger partial charge < -0.3 is 5.73 Å². The molecule has 0 saturated heterocycles. The van der Waals surface area contributed by atoms with Gasteiger partial charge in [-0.25, -0.2) is 13.5 Å². The second-order valence-electron chi connectivity index (χ2n) is 5.78. The number of aromatic nitrogens is 4. The zero-order chi connectivity index (χ0) is 15.1. The maximum absolute atomic E-state index is 14.0. The van der Waals surface area contributed by atoms with Crippen molar-refractivity contribution >= 4 is 5.69 Å². The van der Waals surface area contributed by atoms with Gasteiger partial charge in [-0.3, -0.25) is 0 Å². The summed E-state index contributed by atoms with van der Waals surface area (Å²) in [4.78, 5) is 0. The number of nitrogens with zero attached hydrogens (tertiary/aromatic N) is 4. The largest absolute Gasteiger partial charge is 0.396 e. The van der Waals surface area contributed by atoms with E-state index in [1.165, 1.54) is 6.07 Å². The molecule has 3 unspecified atom stereocenters. The maximum Gasteiger partial charge on any atom is 0.185 e. The van der Waals surface area contributed by atoms with Gasteiger partial charge in [0.1, 0.15) is 11.6 Å². The van der Waals surface area contributed by atoms with E-state index >= 15 is 0 Å². The standard InChI is InChI=1S/C14H17F2N5/c1-7-3-4-13(8(7)2)21-14(18-19-20-21)9-5-12(17)11(16)6-10(9)15/h5-8,13H,3-4,17H2,1-2H3. The summed E-state index contributed by atoms with van der Waals surface area (Å²) in [5.41, 5.74) is 5.54. The zero-order valence-electron chi connectivity index (χ0n) is 11.9. The Bertz CT molecular complexity index is 669. The second-order valence-corrected chi connectivity index (χ2v) is 5.78. The number of halogens is 2. The molecule has 1 aromatic carbocycles. The third kappa shape index (κ3) is 2.26. The van der Waals surface area contributed by atoms with E-state index in [0.29, 0.717) is 17.7 Å². The predicted octanol–water partition coefficient (Wildman–Crippen LogP) is 2.81. The number of rotatable bonds is 2. The number of hydrogen-bond acceptors (Lipinski definition) is 4. The molecule has 1 aliphatic carbocycles. The lowest BCUT2D eigenvalue weighted by molar-refractivity contribution is 0.328. The van der Waals surface area contributed by atoms with Crippen molar-refractivity contribution in [2.45, 2.75) is 32.7 Å². The Kier molecular flexibility index (Phi) is 3.35. The maximum atomic E-state index is 14.0. The Morgan fingerprint density at radius 3 is 2.62 bits per heavy atom. The SMILES string of the molecule is CC1CCC(n2nnnc2-c2cc(N)c(F)cc2F)C1C. The van der Waals surface area contributed by atoms with E-state index < -0.39 is 11.6 Å². The smallest absolute Gasteiger partial charge is 0.185 e. The third-order valence-electron chi connectivity index (χ3n) is 4.56. The molecule has 1 saturated carbocycles. The van der Waals surface area contributed by atoms with Crippen LogP contribution in [-0.2, 0) is 0 Å². The summed E-state index contributed by atoms with van der Waals surface area (Å²) in [6.07, 6.45) is 2.03. The zero-order valence-corrected chi connectivity index (χ0v) is 11.9. The Morgan fingerprint density at radius 2 is 1.95 bits per heavy atom. The topological polar surface area (TPSA) is 69.6 Å². The molecule has 0 aliphatic heterocycles. The fourth-order valence-electron chi connectivity index (χ4n) is 3.02. The number of hydrogen-bond donors (Lipinski definition) is 1. The van der Waals surface area contributed by atoms with Crippen LogP contribution < -0.4 is 5.73 Å². The summed E-state index contributed by atoms with van der Waals surface area (Å²) in [7, 11) is 0. The molecule has 2 aromatic rings. The van der Waals surface area contributed by atoms with Crippen LogP contribution in [0.1, 0.15) is 32.7 Å². The number of nitrogen functional groups attached to an aromatic ring is 1. The van der Waals surface area contributed by atoms with Crippen molar-refractivity contribution in [2.75, 3.05) is 5.73 Å². The first-order valence-corrected chi connectivity index (χ1v) is 7.01. The molecule has 3 atom stereocenters. The van der Waals surface area contributed by atoms with Crippen molar-refractivity contribution in [3.8, 4) is 11.4 Å². The van der Waals surface area contributed by atoms with Crippen LogP contribution in [0.15, 0.2) is 12.1 Å². The van der Waals surface area contributed by atoms with Gasteiger partial charge in [0.2, 0.25) is 0 Å². The summed E-state index contributed by atoms with van der Waals surface area (Å²) in [6.45, 7) is 4.33. The van der Waals surface area contributed by atoms with E-state index in [9.17, 15) is 8.78 Å². The Balaban J connectivity index is 2.06. The lowest BCUT2D eigenvalue weighted by atomic mass is 9.97. The molecule has 0 radical (unpaired) electrons. The van der Waals surface area contributed by atoms with E-state index in [2.05, 4.69) is 29.4 Å². The molecule has 0 amide bonds. The minimum absolute atomic E-state index is 0.117. The molecule has 1 heterocycles. The van der Waals surface area contributed by atoms with Gasteiger partial charge in [-0.15, -0.1) is 5.10 Å². The first-order valence-electron chi connectivity index (χ1n) is 7.01. The van der Waals surface area contributed by atoms with Crippen molar-refractivity contribution < 1.29 is 8.78 Å². The average molecular weight is 293 g/mol. The van der Waals surface area contributed by atoms with Gasteiger partial charge in [-0.1, -0.05) is 13.8 Å². The second kappa shape index (κ2) is 5.05. The van der Waals surface area contributed by atoms with Crippen molar-refractivity contribution in [3.05, 3.63) is 23.8 Å². The molecule has 5 nitrogen and oxygen atoms in total. The molecule has 1 fully saturated rings. The average Bonchev–Trinajstić information content (AvgIpc) is 3.02. The normalized spacial score (nSPS) is 25.4. The van der Waals surface area contributed by atoms with Crippen LogP contribution >= 0.6 is 0 Å². The molecule has 3 rings (SSSR count). The molecule has 0 spiro atoms. The molecule has 1 aromatic heterocycles. The molecule has 1 aliphatic rings. The molecular formula is C14H17F2N5. The minimum atomic E-state index is -0.780. The van der Waals surface area contributed by atoms with Gasteiger partial charge in [0.05, 0.1) is 17.3 Å². The molecule has 0 bridgehead atoms. The van der Waals surface area contributed by atoms with Gasteiger partial charge in [0, 0.05) is 6.07 Å². The van der Waals surface area contributed by atoms with Crippen LogP contribution in [0.5, 0.6) is 0 Å². The van der Waals surface area contributed by atoms with Crippen LogP contribution in [0.4, 0.5) is 14.5 Å². The monoisotopic (exact) mass is 293 g/mol. The van der Waals surface area contributed by atoms with Crippen LogP contribution in [0.2, 0.25) is 0 Å². The Morgan fingerprint density at radius 1 is 1.19 bits per heavy atom. The number of nitrogens with two attached hydrogens (primary N) is 1. The fraction of sp³-hybridized carbons (Fsp3) is 0.500. The van der Waals surface area contributed by atoms with Crippen LogP contribution in [0.3, 0.4) is 0 Å². The first kappa shape index (κ1) is 13.9. The van der Waals surface area contributed by atoms with E-state index in [1.807, 2.05) is 0 Å². The third-order valence-corrected chi connectivity index (χ3v) is 4.56. The van der Waals surface area contributed by atoms with Gasteiger partial charge >= 0.3 is 0 Å². The van der Waals surface area contributed by atoms with Crippen molar-refractivity contribution in [1.29, 1.82) is 0 Å². The molecule has 21 heavy (non-hydrogen) atoms. The molecule has 2 N–H and O–H groups in total. The van der Waals surface area contributed by atoms with Crippen LogP contribution in [-0.4, -0.2) is 20.2 Å². The first-order chi connectivity index (χ1) is 9.99. The van der Waals surface area contributed by atoms with Crippen LogP contribution in [0, 0.1) is 23.5 Å². The van der Waals surface area contributed by atoms with Crippen molar-refractivity contribution in [2.24, 2.45) is 11.8 Å². The van der Waals surface area contributed by atoms with Gasteiger partial charge in [0.25, 0.3) is 0 Å². The highest BCUT2D eigenvalue weighted by molar-refractivity contribution is 5.62. The molecule has 112 valence electrons. The highest BCUT2D eigenvalue weighted by Crippen LogP contribution is 2.41. The molecular weight excluding hydrogens is 276 g/mol.